The van der Waals surface area contributed by atoms with Crippen LogP contribution in [-0.2, 0) is 69.5 Å². The molecule has 2 aliphatic rings. The fraction of sp³-hybridized carbons (Fsp3) is 0.312. The van der Waals surface area contributed by atoms with E-state index in [9.17, 15) is 25.9 Å². The Morgan fingerprint density at radius 1 is 0.363 bits per heavy atom. The van der Waals surface area contributed by atoms with Crippen LogP contribution in [0.4, 0.5) is 0 Å². The lowest BCUT2D eigenvalue weighted by molar-refractivity contribution is -0.0944. The number of hydrogen-bond donors (Lipinski definition) is 0. The van der Waals surface area contributed by atoms with E-state index in [4.69, 9.17) is 33.2 Å². The predicted octanol–water partition coefficient (Wildman–Crippen LogP) is 23.1. The zero-order valence-corrected chi connectivity index (χ0v) is 69.1. The van der Waals surface area contributed by atoms with Crippen molar-refractivity contribution < 1.29 is 59.1 Å². The Labute approximate surface area is 677 Å². The molecule has 2 fully saturated rings. The maximum absolute atomic E-state index is 10.8. The van der Waals surface area contributed by atoms with Crippen molar-refractivity contribution in [2.24, 2.45) is 5.92 Å². The smallest absolute Gasteiger partial charge is 0.197 e. The van der Waals surface area contributed by atoms with Gasteiger partial charge in [0, 0.05) is 0 Å². The fourth-order valence-electron chi connectivity index (χ4n) is 13.5. The number of benzene rings is 11. The summed E-state index contributed by atoms with van der Waals surface area (Å²) in [5.74, 6) is 5.31. The minimum Gasteiger partial charge on any atom is -0.744 e. The lowest BCUT2D eigenvalue weighted by atomic mass is 9.83. The van der Waals surface area contributed by atoms with E-state index < -0.39 is 20.2 Å². The van der Waals surface area contributed by atoms with Gasteiger partial charge in [-0.3, -0.25) is 0 Å². The molecule has 13 nitrogen and oxygen atoms in total. The van der Waals surface area contributed by atoms with E-state index in [-0.39, 0.29) is 44.2 Å². The molecule has 594 valence electrons. The summed E-state index contributed by atoms with van der Waals surface area (Å²) >= 11 is 0. The standard InChI is InChI=1S/C34H37O3S.C28H33O2S.2C17H20O4S/c1-27(35-25-26-36-30-19-17-29(18-20-30)28-11-5-2-6-12-28)37-31-21-23-34(24-22-31)38(32-13-7-3-8-14-32)33-15-9-4-10-16-33;1-23(29-22-21-24-11-5-2-6-12-24)30-25-17-19-28(20-18-25)31(26-13-7-3-8-14-26)27-15-9-4-10-16-27;2*1-3-13(2)15-6-4-14(5-7-15)12-21-16-8-10-17(11-9-16)22(18,19)20/h2-16,21-24,27,29-30H,17-20,25-26H2,1H3;3-4,7-10,13-20,23-24H,2,5-6,11-12,21-22H2,1H3;2*4-11,13H,3,12H2,1-2H3,(H,18,19,20)/q2*+1;;/p-2. The van der Waals surface area contributed by atoms with Gasteiger partial charge in [0.25, 0.3) is 0 Å². The van der Waals surface area contributed by atoms with Gasteiger partial charge in [-0.05, 0) is 256 Å². The molecule has 0 radical (unpaired) electrons. The van der Waals surface area contributed by atoms with Crippen LogP contribution in [0.5, 0.6) is 23.0 Å². The Balaban J connectivity index is 0.000000164. The number of rotatable bonds is 32. The van der Waals surface area contributed by atoms with Crippen LogP contribution in [0.3, 0.4) is 0 Å². The third kappa shape index (κ3) is 28.5. The van der Waals surface area contributed by atoms with Crippen LogP contribution in [0.15, 0.2) is 336 Å². The number of hydrogen-bond acceptors (Lipinski definition) is 13. The molecule has 0 spiro atoms. The topological polar surface area (TPSA) is 179 Å². The Bertz CT molecular complexity index is 4500. The van der Waals surface area contributed by atoms with E-state index in [0.29, 0.717) is 61.8 Å². The van der Waals surface area contributed by atoms with E-state index in [2.05, 4.69) is 240 Å². The largest absolute Gasteiger partial charge is 0.744 e. The summed E-state index contributed by atoms with van der Waals surface area (Å²) in [7, 11) is -9.11. The van der Waals surface area contributed by atoms with Crippen molar-refractivity contribution in [1.29, 1.82) is 0 Å². The first-order valence-corrected chi connectivity index (χ1v) is 44.8. The van der Waals surface area contributed by atoms with Crippen LogP contribution < -0.4 is 18.9 Å². The molecule has 13 rings (SSSR count). The molecule has 4 unspecified atom stereocenters. The lowest BCUT2D eigenvalue weighted by Crippen LogP contribution is -2.24. The average molecular weight is 1600 g/mol. The molecule has 11 aromatic carbocycles. The molecule has 0 heterocycles. The van der Waals surface area contributed by atoms with Crippen molar-refractivity contribution in [2.75, 3.05) is 19.8 Å². The summed E-state index contributed by atoms with van der Waals surface area (Å²) in [4.78, 5) is 7.30. The zero-order valence-electron chi connectivity index (χ0n) is 65.8. The summed E-state index contributed by atoms with van der Waals surface area (Å²) in [6.45, 7) is 15.3. The second-order valence-corrected chi connectivity index (χ2v) is 35.3. The van der Waals surface area contributed by atoms with Gasteiger partial charge in [-0.1, -0.05) is 211 Å². The molecule has 17 heteroatoms. The van der Waals surface area contributed by atoms with Crippen molar-refractivity contribution in [1.82, 2.24) is 0 Å². The van der Waals surface area contributed by atoms with Crippen LogP contribution in [0.2, 0.25) is 0 Å². The maximum atomic E-state index is 10.8. The average Bonchev–Trinajstić information content (AvgIpc) is 0.816. The molecular weight excluding hydrogens is 1490 g/mol. The van der Waals surface area contributed by atoms with Crippen LogP contribution >= 0.6 is 0 Å². The first-order valence-electron chi connectivity index (χ1n) is 39.5. The number of ether oxygens (including phenoxy) is 7. The minimum absolute atomic E-state index is 0.130. The van der Waals surface area contributed by atoms with Gasteiger partial charge < -0.3 is 42.3 Å². The van der Waals surface area contributed by atoms with E-state index in [0.717, 1.165) is 67.3 Å². The van der Waals surface area contributed by atoms with Crippen molar-refractivity contribution >= 4 is 42.0 Å². The van der Waals surface area contributed by atoms with Gasteiger partial charge >= 0.3 is 0 Å². The lowest BCUT2D eigenvalue weighted by Gasteiger charge is -2.29. The first kappa shape index (κ1) is 86.4. The van der Waals surface area contributed by atoms with Crippen LogP contribution in [0, 0.1) is 5.92 Å². The summed E-state index contributed by atoms with van der Waals surface area (Å²) < 4.78 is 106. The summed E-state index contributed by atoms with van der Waals surface area (Å²) in [5, 5.41) is 0. The predicted molar refractivity (Wildman–Crippen MR) is 451 cm³/mol. The molecule has 11 aromatic rings. The van der Waals surface area contributed by atoms with Crippen molar-refractivity contribution in [3.63, 3.8) is 0 Å². The summed E-state index contributed by atoms with van der Waals surface area (Å²) in [6.07, 6.45) is 14.7. The molecule has 2 saturated carbocycles. The highest BCUT2D eigenvalue weighted by Crippen LogP contribution is 2.37. The van der Waals surface area contributed by atoms with Crippen LogP contribution in [0.1, 0.15) is 164 Å². The third-order valence-electron chi connectivity index (χ3n) is 20.3. The molecule has 0 N–H and O–H groups in total. The quantitative estimate of drug-likeness (QED) is 0.0168. The second-order valence-electron chi connectivity index (χ2n) is 28.5. The SMILES string of the molecule is CC(OCCC1CCCCC1)Oc1ccc([S+](c2ccccc2)c2ccccc2)cc1.CC(OCCOC1CCC(c2ccccc2)CC1)Oc1ccc([S+](c2ccccc2)c2ccccc2)cc1.CCC(C)c1ccc(COc2ccc(S(=O)(=O)[O-])cc2)cc1.CCC(C)c1ccc(COc2ccc(S(=O)(=O)[O-])cc2)cc1. The van der Waals surface area contributed by atoms with E-state index in [1.54, 1.807) is 0 Å². The molecule has 0 bridgehead atoms. The molecule has 0 aliphatic heterocycles. The van der Waals surface area contributed by atoms with E-state index in [1.807, 2.05) is 50.2 Å². The van der Waals surface area contributed by atoms with Crippen LogP contribution in [-0.4, -0.2) is 64.4 Å². The van der Waals surface area contributed by atoms with Gasteiger partial charge in [-0.15, -0.1) is 0 Å². The normalized spacial score (nSPS) is 15.5. The Hall–Kier alpha value is -8.98. The highest BCUT2D eigenvalue weighted by molar-refractivity contribution is 7.97. The monoisotopic (exact) mass is 1600 g/mol. The van der Waals surface area contributed by atoms with Gasteiger partial charge in [0.15, 0.2) is 42.0 Å². The molecular formula is C96H108O13S4. The Morgan fingerprint density at radius 3 is 1.05 bits per heavy atom. The molecule has 2 aliphatic carbocycles. The van der Waals surface area contributed by atoms with Gasteiger partial charge in [-0.2, -0.15) is 0 Å². The molecule has 4 atom stereocenters. The molecule has 0 saturated heterocycles. The first-order chi connectivity index (χ1) is 54.8. The van der Waals surface area contributed by atoms with E-state index in [1.165, 1.54) is 140 Å². The summed E-state index contributed by atoms with van der Waals surface area (Å²) in [6, 6.07) is 98.1. The van der Waals surface area contributed by atoms with Crippen molar-refractivity contribution in [3.8, 4) is 23.0 Å². The second kappa shape index (κ2) is 45.2. The van der Waals surface area contributed by atoms with Crippen molar-refractivity contribution in [2.45, 2.75) is 207 Å². The van der Waals surface area contributed by atoms with Gasteiger partial charge in [0.1, 0.15) is 56.4 Å². The van der Waals surface area contributed by atoms with Gasteiger partial charge in [-0.25, -0.2) is 16.8 Å². The van der Waals surface area contributed by atoms with Crippen molar-refractivity contribution in [3.05, 3.63) is 325 Å². The fourth-order valence-corrected chi connectivity index (χ4v) is 18.6. The van der Waals surface area contributed by atoms with Gasteiger partial charge in [0.05, 0.1) is 57.5 Å². The van der Waals surface area contributed by atoms with Crippen LogP contribution in [0.25, 0.3) is 0 Å². The highest BCUT2D eigenvalue weighted by atomic mass is 32.2. The molecule has 0 aromatic heterocycles. The molecule has 113 heavy (non-hydrogen) atoms. The highest BCUT2D eigenvalue weighted by Gasteiger charge is 2.30. The van der Waals surface area contributed by atoms with Gasteiger partial charge in [0.2, 0.25) is 0 Å². The third-order valence-corrected chi connectivity index (χ3v) is 26.5. The molecule has 0 amide bonds. The van der Waals surface area contributed by atoms with E-state index >= 15 is 0 Å². The Morgan fingerprint density at radius 2 is 0.699 bits per heavy atom. The Kier molecular flexibility index (Phi) is 34.6. The minimum atomic E-state index is -4.41. The summed E-state index contributed by atoms with van der Waals surface area (Å²) in [5.41, 5.74) is 6.14. The maximum Gasteiger partial charge on any atom is 0.197 e. The zero-order chi connectivity index (χ0) is 79.6.